The molecule has 0 atom stereocenters. The minimum atomic E-state index is 0.544. The van der Waals surface area contributed by atoms with Gasteiger partial charge in [-0.05, 0) is 52.3 Å². The van der Waals surface area contributed by atoms with Crippen LogP contribution in [0.1, 0.15) is 11.1 Å². The highest BCUT2D eigenvalue weighted by molar-refractivity contribution is 9.10. The summed E-state index contributed by atoms with van der Waals surface area (Å²) in [7, 11) is 3.59. The first-order chi connectivity index (χ1) is 9.72. The number of hydrogen-bond donors (Lipinski definition) is 1. The van der Waals surface area contributed by atoms with E-state index in [9.17, 15) is 0 Å². The van der Waals surface area contributed by atoms with E-state index in [1.807, 2.05) is 25.2 Å². The Morgan fingerprint density at radius 2 is 1.90 bits per heavy atom. The molecule has 0 unspecified atom stereocenters. The van der Waals surface area contributed by atoms with E-state index in [1.165, 1.54) is 5.56 Å². The van der Waals surface area contributed by atoms with E-state index in [0.717, 1.165) is 28.1 Å². The number of nitrogens with one attached hydrogen (secondary N) is 1. The summed E-state index contributed by atoms with van der Waals surface area (Å²) in [6.45, 7) is 1.41. The van der Waals surface area contributed by atoms with Crippen molar-refractivity contribution in [2.75, 3.05) is 14.2 Å². The first kappa shape index (κ1) is 14.9. The summed E-state index contributed by atoms with van der Waals surface area (Å²) >= 11 is 3.49. The van der Waals surface area contributed by atoms with Gasteiger partial charge in [-0.1, -0.05) is 24.3 Å². The SMILES string of the molecule is CNCc1cccc(COc2ccc(OC)cc2Br)c1. The van der Waals surface area contributed by atoms with Crippen molar-refractivity contribution in [3.05, 3.63) is 58.1 Å². The number of ether oxygens (including phenoxy) is 2. The lowest BCUT2D eigenvalue weighted by atomic mass is 10.1. The predicted octanol–water partition coefficient (Wildman–Crippen LogP) is 3.76. The lowest BCUT2D eigenvalue weighted by Gasteiger charge is -2.10. The van der Waals surface area contributed by atoms with Gasteiger partial charge in [0.15, 0.2) is 0 Å². The summed E-state index contributed by atoms with van der Waals surface area (Å²) in [5.41, 5.74) is 2.41. The third-order valence-electron chi connectivity index (χ3n) is 2.91. The smallest absolute Gasteiger partial charge is 0.134 e. The van der Waals surface area contributed by atoms with Gasteiger partial charge in [0.25, 0.3) is 0 Å². The van der Waals surface area contributed by atoms with Crippen LogP contribution in [-0.2, 0) is 13.2 Å². The Bertz CT molecular complexity index is 572. The van der Waals surface area contributed by atoms with E-state index in [2.05, 4.69) is 45.5 Å². The maximum Gasteiger partial charge on any atom is 0.134 e. The Hall–Kier alpha value is -1.52. The summed E-state index contributed by atoms with van der Waals surface area (Å²) < 4.78 is 11.9. The zero-order valence-corrected chi connectivity index (χ0v) is 13.2. The molecule has 0 spiro atoms. The molecular formula is C16H18BrNO2. The van der Waals surface area contributed by atoms with Crippen LogP contribution in [-0.4, -0.2) is 14.2 Å². The molecule has 0 fully saturated rings. The molecule has 2 aromatic rings. The van der Waals surface area contributed by atoms with Gasteiger partial charge in [-0.25, -0.2) is 0 Å². The molecule has 0 saturated heterocycles. The van der Waals surface area contributed by atoms with Crippen molar-refractivity contribution < 1.29 is 9.47 Å². The molecule has 1 N–H and O–H groups in total. The Labute approximate surface area is 128 Å². The van der Waals surface area contributed by atoms with Gasteiger partial charge in [-0.3, -0.25) is 0 Å². The van der Waals surface area contributed by atoms with Crippen molar-refractivity contribution in [1.29, 1.82) is 0 Å². The molecule has 0 aliphatic rings. The molecule has 0 aromatic heterocycles. The third-order valence-corrected chi connectivity index (χ3v) is 3.53. The van der Waals surface area contributed by atoms with Crippen LogP contribution in [0.15, 0.2) is 46.9 Å². The molecule has 0 saturated carbocycles. The fourth-order valence-electron chi connectivity index (χ4n) is 1.92. The Kier molecular flexibility index (Phi) is 5.44. The lowest BCUT2D eigenvalue weighted by Crippen LogP contribution is -2.05. The molecule has 0 amide bonds. The average Bonchev–Trinajstić information content (AvgIpc) is 2.46. The zero-order chi connectivity index (χ0) is 14.4. The molecule has 2 rings (SSSR count). The summed E-state index contributed by atoms with van der Waals surface area (Å²) in [5.74, 6) is 1.62. The van der Waals surface area contributed by atoms with Gasteiger partial charge >= 0.3 is 0 Å². The first-order valence-corrected chi connectivity index (χ1v) is 7.21. The number of methoxy groups -OCH3 is 1. The topological polar surface area (TPSA) is 30.5 Å². The van der Waals surface area contributed by atoms with Gasteiger partial charge in [-0.15, -0.1) is 0 Å². The largest absolute Gasteiger partial charge is 0.497 e. The molecule has 106 valence electrons. The number of halogens is 1. The Morgan fingerprint density at radius 1 is 1.10 bits per heavy atom. The van der Waals surface area contributed by atoms with Crippen molar-refractivity contribution in [2.24, 2.45) is 0 Å². The molecule has 0 aliphatic heterocycles. The minimum absolute atomic E-state index is 0.544. The van der Waals surface area contributed by atoms with E-state index in [1.54, 1.807) is 7.11 Å². The average molecular weight is 336 g/mol. The third kappa shape index (κ3) is 3.99. The molecule has 2 aromatic carbocycles. The van der Waals surface area contributed by atoms with E-state index >= 15 is 0 Å². The van der Waals surface area contributed by atoms with E-state index in [4.69, 9.17) is 9.47 Å². The highest BCUT2D eigenvalue weighted by Crippen LogP contribution is 2.29. The van der Waals surface area contributed by atoms with Crippen molar-refractivity contribution in [1.82, 2.24) is 5.32 Å². The summed E-state index contributed by atoms with van der Waals surface area (Å²) in [5, 5.41) is 3.14. The number of hydrogen-bond acceptors (Lipinski definition) is 3. The van der Waals surface area contributed by atoms with Crippen LogP contribution in [0.5, 0.6) is 11.5 Å². The monoisotopic (exact) mass is 335 g/mol. The van der Waals surface area contributed by atoms with Gasteiger partial charge in [0.1, 0.15) is 18.1 Å². The second kappa shape index (κ2) is 7.31. The van der Waals surface area contributed by atoms with Crippen molar-refractivity contribution in [3.8, 4) is 11.5 Å². The normalized spacial score (nSPS) is 10.3. The second-order valence-corrected chi connectivity index (χ2v) is 5.29. The molecule has 4 heteroatoms. The van der Waals surface area contributed by atoms with Crippen LogP contribution < -0.4 is 14.8 Å². The van der Waals surface area contributed by atoms with Gasteiger partial charge in [0, 0.05) is 6.54 Å². The molecule has 0 bridgehead atoms. The number of rotatable bonds is 6. The van der Waals surface area contributed by atoms with Gasteiger partial charge < -0.3 is 14.8 Å². The fraction of sp³-hybridized carbons (Fsp3) is 0.250. The van der Waals surface area contributed by atoms with E-state index in [0.29, 0.717) is 6.61 Å². The second-order valence-electron chi connectivity index (χ2n) is 4.44. The van der Waals surface area contributed by atoms with Crippen molar-refractivity contribution >= 4 is 15.9 Å². The number of benzene rings is 2. The van der Waals surface area contributed by atoms with Gasteiger partial charge in [0.2, 0.25) is 0 Å². The van der Waals surface area contributed by atoms with Crippen LogP contribution in [0.25, 0.3) is 0 Å². The van der Waals surface area contributed by atoms with Crippen LogP contribution in [0.2, 0.25) is 0 Å². The fourth-order valence-corrected chi connectivity index (χ4v) is 2.39. The quantitative estimate of drug-likeness (QED) is 0.871. The molecular weight excluding hydrogens is 318 g/mol. The van der Waals surface area contributed by atoms with Crippen LogP contribution in [0.3, 0.4) is 0 Å². The maximum atomic E-state index is 5.83. The van der Waals surface area contributed by atoms with Crippen molar-refractivity contribution in [2.45, 2.75) is 13.2 Å². The predicted molar refractivity (Wildman–Crippen MR) is 84.2 cm³/mol. The minimum Gasteiger partial charge on any atom is -0.497 e. The first-order valence-electron chi connectivity index (χ1n) is 6.41. The molecule has 0 radical (unpaired) electrons. The molecule has 20 heavy (non-hydrogen) atoms. The Balaban J connectivity index is 2.03. The van der Waals surface area contributed by atoms with Gasteiger partial charge in [-0.2, -0.15) is 0 Å². The van der Waals surface area contributed by atoms with Crippen molar-refractivity contribution in [3.63, 3.8) is 0 Å². The van der Waals surface area contributed by atoms with E-state index in [-0.39, 0.29) is 0 Å². The Morgan fingerprint density at radius 3 is 2.60 bits per heavy atom. The highest BCUT2D eigenvalue weighted by atomic mass is 79.9. The van der Waals surface area contributed by atoms with Crippen LogP contribution in [0, 0.1) is 0 Å². The zero-order valence-electron chi connectivity index (χ0n) is 11.7. The van der Waals surface area contributed by atoms with Crippen LogP contribution >= 0.6 is 15.9 Å². The maximum absolute atomic E-state index is 5.83. The molecule has 0 heterocycles. The van der Waals surface area contributed by atoms with E-state index < -0.39 is 0 Å². The summed E-state index contributed by atoms with van der Waals surface area (Å²) in [6, 6.07) is 14.0. The van der Waals surface area contributed by atoms with Gasteiger partial charge in [0.05, 0.1) is 11.6 Å². The summed E-state index contributed by atoms with van der Waals surface area (Å²) in [4.78, 5) is 0. The summed E-state index contributed by atoms with van der Waals surface area (Å²) in [6.07, 6.45) is 0. The molecule has 3 nitrogen and oxygen atoms in total. The standard InChI is InChI=1S/C16H18BrNO2/c1-18-10-12-4-3-5-13(8-12)11-20-16-7-6-14(19-2)9-15(16)17/h3-9,18H,10-11H2,1-2H3. The molecule has 0 aliphatic carbocycles. The van der Waals surface area contributed by atoms with Crippen LogP contribution in [0.4, 0.5) is 0 Å². The lowest BCUT2D eigenvalue weighted by molar-refractivity contribution is 0.303. The highest BCUT2D eigenvalue weighted by Gasteiger charge is 2.04.